The minimum atomic E-state index is -0.414. The van der Waals surface area contributed by atoms with Gasteiger partial charge in [-0.15, -0.1) is 0 Å². The lowest BCUT2D eigenvalue weighted by molar-refractivity contribution is 0.425. The Hall–Kier alpha value is -2.77. The minimum Gasteiger partial charge on any atom is -0.353 e. The fourth-order valence-corrected chi connectivity index (χ4v) is 2.55. The second-order valence-corrected chi connectivity index (χ2v) is 6.62. The van der Waals surface area contributed by atoms with Gasteiger partial charge in [0.25, 0.3) is 0 Å². The fourth-order valence-electron chi connectivity index (χ4n) is 2.38. The summed E-state index contributed by atoms with van der Waals surface area (Å²) in [5, 5.41) is 6.61. The third-order valence-electron chi connectivity index (χ3n) is 3.72. The molecule has 0 bridgehead atoms. The van der Waals surface area contributed by atoms with Crippen LogP contribution in [0.15, 0.2) is 48.8 Å². The van der Waals surface area contributed by atoms with Crippen molar-refractivity contribution in [2.24, 2.45) is 0 Å². The number of nitrogens with zero attached hydrogens (tertiary/aromatic N) is 4. The summed E-state index contributed by atoms with van der Waals surface area (Å²) in [6.07, 6.45) is 3.41. The maximum absolute atomic E-state index is 14.1. The first kappa shape index (κ1) is 19.0. The smallest absolute Gasteiger partial charge is 0.225 e. The molecular formula is C19H20ClFN6. The molecule has 0 aliphatic heterocycles. The van der Waals surface area contributed by atoms with Crippen LogP contribution < -0.4 is 10.6 Å². The highest BCUT2D eigenvalue weighted by Gasteiger charge is 2.10. The predicted octanol–water partition coefficient (Wildman–Crippen LogP) is 4.05. The van der Waals surface area contributed by atoms with E-state index in [0.29, 0.717) is 29.0 Å². The zero-order chi connectivity index (χ0) is 19.2. The number of rotatable bonds is 7. The van der Waals surface area contributed by atoms with Crippen LogP contribution in [0.3, 0.4) is 0 Å². The van der Waals surface area contributed by atoms with Crippen molar-refractivity contribution < 1.29 is 4.39 Å². The van der Waals surface area contributed by atoms with Crippen LogP contribution in [-0.4, -0.2) is 47.0 Å². The van der Waals surface area contributed by atoms with Crippen molar-refractivity contribution in [3.05, 3.63) is 59.6 Å². The van der Waals surface area contributed by atoms with Crippen molar-refractivity contribution in [1.29, 1.82) is 0 Å². The molecule has 6 nitrogen and oxygen atoms in total. The normalized spacial score (nSPS) is 10.9. The molecule has 0 aliphatic rings. The maximum Gasteiger partial charge on any atom is 0.225 e. The van der Waals surface area contributed by atoms with Gasteiger partial charge in [-0.3, -0.25) is 4.98 Å². The van der Waals surface area contributed by atoms with Crippen LogP contribution in [-0.2, 0) is 0 Å². The molecule has 0 aliphatic carbocycles. The highest BCUT2D eigenvalue weighted by Crippen LogP contribution is 2.26. The number of likely N-dealkylation sites (N-methyl/N-ethyl adjacent to an activating group) is 1. The van der Waals surface area contributed by atoms with E-state index < -0.39 is 5.82 Å². The third kappa shape index (κ3) is 5.35. The SMILES string of the molecule is CN(C)CCNc1nc(Nc2cc(Cl)ccc2F)cc(-c2cccnc2)n1. The topological polar surface area (TPSA) is 66.0 Å². The van der Waals surface area contributed by atoms with Gasteiger partial charge in [-0.05, 0) is 44.4 Å². The maximum atomic E-state index is 14.1. The number of nitrogens with one attached hydrogen (secondary N) is 2. The highest BCUT2D eigenvalue weighted by molar-refractivity contribution is 6.30. The molecular weight excluding hydrogens is 367 g/mol. The molecule has 3 aromatic rings. The molecule has 2 heterocycles. The Morgan fingerprint density at radius 2 is 2.00 bits per heavy atom. The van der Waals surface area contributed by atoms with Crippen molar-refractivity contribution >= 4 is 29.1 Å². The fraction of sp³-hybridized carbons (Fsp3) is 0.211. The first-order valence-corrected chi connectivity index (χ1v) is 8.79. The summed E-state index contributed by atoms with van der Waals surface area (Å²) in [7, 11) is 3.98. The standard InChI is InChI=1S/C19H20ClFN6/c1-27(2)9-8-23-19-25-16(13-4-3-7-22-12-13)11-18(26-19)24-17-10-14(20)5-6-15(17)21/h3-7,10-12H,8-9H2,1-2H3,(H2,23,24,25,26). The molecule has 0 atom stereocenters. The van der Waals surface area contributed by atoms with Gasteiger partial charge in [-0.2, -0.15) is 4.98 Å². The molecule has 0 saturated heterocycles. The van der Waals surface area contributed by atoms with E-state index in [4.69, 9.17) is 11.6 Å². The molecule has 0 amide bonds. The summed E-state index contributed by atoms with van der Waals surface area (Å²) in [6, 6.07) is 9.81. The first-order valence-electron chi connectivity index (χ1n) is 8.41. The van der Waals surface area contributed by atoms with Crippen molar-refractivity contribution in [2.45, 2.75) is 0 Å². The van der Waals surface area contributed by atoms with Gasteiger partial charge in [0.05, 0.1) is 11.4 Å². The third-order valence-corrected chi connectivity index (χ3v) is 3.95. The summed E-state index contributed by atoms with van der Waals surface area (Å²) < 4.78 is 14.1. The summed E-state index contributed by atoms with van der Waals surface area (Å²) in [5.41, 5.74) is 1.76. The number of hydrogen-bond acceptors (Lipinski definition) is 6. The Morgan fingerprint density at radius 1 is 1.15 bits per heavy atom. The van der Waals surface area contributed by atoms with Crippen LogP contribution in [0.1, 0.15) is 0 Å². The molecule has 1 aromatic carbocycles. The molecule has 8 heteroatoms. The largest absolute Gasteiger partial charge is 0.353 e. The Kier molecular flexibility index (Phi) is 6.16. The number of halogens is 2. The van der Waals surface area contributed by atoms with Crippen LogP contribution in [0, 0.1) is 5.82 Å². The summed E-state index contributed by atoms with van der Waals surface area (Å²) in [5.74, 6) is 0.489. The highest BCUT2D eigenvalue weighted by atomic mass is 35.5. The van der Waals surface area contributed by atoms with Crippen LogP contribution >= 0.6 is 11.6 Å². The predicted molar refractivity (Wildman–Crippen MR) is 107 cm³/mol. The van der Waals surface area contributed by atoms with Gasteiger partial charge in [-0.25, -0.2) is 9.37 Å². The Morgan fingerprint density at radius 3 is 2.74 bits per heavy atom. The lowest BCUT2D eigenvalue weighted by Gasteiger charge is -2.13. The summed E-state index contributed by atoms with van der Waals surface area (Å²) >= 11 is 5.97. The van der Waals surface area contributed by atoms with Crippen LogP contribution in [0.25, 0.3) is 11.3 Å². The van der Waals surface area contributed by atoms with Crippen LogP contribution in [0.2, 0.25) is 5.02 Å². The van der Waals surface area contributed by atoms with Crippen molar-refractivity contribution in [3.8, 4) is 11.3 Å². The molecule has 2 aromatic heterocycles. The average Bonchev–Trinajstić information content (AvgIpc) is 2.65. The lowest BCUT2D eigenvalue weighted by Crippen LogP contribution is -2.21. The van der Waals surface area contributed by atoms with E-state index in [2.05, 4.69) is 30.5 Å². The molecule has 2 N–H and O–H groups in total. The Labute approximate surface area is 162 Å². The van der Waals surface area contributed by atoms with Crippen molar-refractivity contribution in [3.63, 3.8) is 0 Å². The van der Waals surface area contributed by atoms with Gasteiger partial charge in [0.1, 0.15) is 11.6 Å². The van der Waals surface area contributed by atoms with Crippen LogP contribution in [0.4, 0.5) is 21.8 Å². The molecule has 0 fully saturated rings. The zero-order valence-electron chi connectivity index (χ0n) is 15.1. The second kappa shape index (κ2) is 8.75. The van der Waals surface area contributed by atoms with E-state index in [1.807, 2.05) is 26.2 Å². The Bertz CT molecular complexity index is 904. The summed E-state index contributed by atoms with van der Waals surface area (Å²) in [4.78, 5) is 15.2. The number of pyridine rings is 1. The van der Waals surface area contributed by atoms with E-state index in [0.717, 1.165) is 12.1 Å². The number of benzene rings is 1. The minimum absolute atomic E-state index is 0.248. The molecule has 0 radical (unpaired) electrons. The van der Waals surface area contributed by atoms with Gasteiger partial charge < -0.3 is 15.5 Å². The number of hydrogen-bond donors (Lipinski definition) is 2. The van der Waals surface area contributed by atoms with E-state index >= 15 is 0 Å². The monoisotopic (exact) mass is 386 g/mol. The second-order valence-electron chi connectivity index (χ2n) is 6.18. The van der Waals surface area contributed by atoms with Gasteiger partial charge in [0.15, 0.2) is 0 Å². The molecule has 0 unspecified atom stereocenters. The van der Waals surface area contributed by atoms with E-state index in [9.17, 15) is 4.39 Å². The van der Waals surface area contributed by atoms with Crippen molar-refractivity contribution in [2.75, 3.05) is 37.8 Å². The Balaban J connectivity index is 1.92. The number of aromatic nitrogens is 3. The molecule has 0 saturated carbocycles. The molecule has 0 spiro atoms. The van der Waals surface area contributed by atoms with E-state index in [1.54, 1.807) is 18.5 Å². The average molecular weight is 387 g/mol. The van der Waals surface area contributed by atoms with E-state index in [1.165, 1.54) is 18.2 Å². The first-order chi connectivity index (χ1) is 13.0. The lowest BCUT2D eigenvalue weighted by atomic mass is 10.2. The van der Waals surface area contributed by atoms with Gasteiger partial charge in [-0.1, -0.05) is 11.6 Å². The summed E-state index contributed by atoms with van der Waals surface area (Å²) in [6.45, 7) is 1.50. The van der Waals surface area contributed by atoms with Gasteiger partial charge >= 0.3 is 0 Å². The van der Waals surface area contributed by atoms with Gasteiger partial charge in [0, 0.05) is 42.1 Å². The molecule has 3 rings (SSSR count). The number of anilines is 3. The van der Waals surface area contributed by atoms with E-state index in [-0.39, 0.29) is 5.69 Å². The van der Waals surface area contributed by atoms with Crippen LogP contribution in [0.5, 0.6) is 0 Å². The molecule has 27 heavy (non-hydrogen) atoms. The zero-order valence-corrected chi connectivity index (χ0v) is 15.8. The van der Waals surface area contributed by atoms with Crippen molar-refractivity contribution in [1.82, 2.24) is 19.9 Å². The quantitative estimate of drug-likeness (QED) is 0.638. The van der Waals surface area contributed by atoms with Gasteiger partial charge in [0.2, 0.25) is 5.95 Å². The molecule has 140 valence electrons.